The number of pyridine rings is 1. The van der Waals surface area contributed by atoms with Crippen molar-refractivity contribution in [1.82, 2.24) is 19.7 Å². The third-order valence-electron chi connectivity index (χ3n) is 6.14. The standard InChI is InChI=1S/C24H28N4O3/c1-5-31-24(30)20-12-17(20)13-28(14-21-15(2)26-27(4)16(21)3)23(29)19-10-11-25-22-9-7-6-8-18(19)22/h6-11,17,20H,5,12-14H2,1-4H3/t17-,20-/m0/s1. The Morgan fingerprint density at radius 1 is 1.23 bits per heavy atom. The van der Waals surface area contributed by atoms with Gasteiger partial charge in [-0.2, -0.15) is 5.10 Å². The van der Waals surface area contributed by atoms with Crippen molar-refractivity contribution in [3.05, 3.63) is 59.0 Å². The first-order chi connectivity index (χ1) is 14.9. The van der Waals surface area contributed by atoms with Crippen LogP contribution in [0.5, 0.6) is 0 Å². The van der Waals surface area contributed by atoms with Crippen LogP contribution in [-0.2, 0) is 23.1 Å². The van der Waals surface area contributed by atoms with Crippen LogP contribution in [0.4, 0.5) is 0 Å². The number of amides is 1. The van der Waals surface area contributed by atoms with Gasteiger partial charge in [0, 0.05) is 43.0 Å². The SMILES string of the molecule is CCOC(=O)[C@H]1C[C@H]1CN(Cc1c(C)nn(C)c1C)C(=O)c1ccnc2ccccc12. The van der Waals surface area contributed by atoms with Gasteiger partial charge in [-0.15, -0.1) is 0 Å². The molecule has 0 unspecified atom stereocenters. The van der Waals surface area contributed by atoms with Crippen LogP contribution in [0.1, 0.15) is 40.7 Å². The lowest BCUT2D eigenvalue weighted by Gasteiger charge is -2.24. The van der Waals surface area contributed by atoms with Gasteiger partial charge in [-0.3, -0.25) is 19.3 Å². The van der Waals surface area contributed by atoms with Crippen LogP contribution in [-0.4, -0.2) is 44.7 Å². The molecule has 0 radical (unpaired) electrons. The van der Waals surface area contributed by atoms with Crippen molar-refractivity contribution in [1.29, 1.82) is 0 Å². The third kappa shape index (κ3) is 4.17. The Balaban J connectivity index is 1.65. The summed E-state index contributed by atoms with van der Waals surface area (Å²) in [7, 11) is 1.91. The molecule has 1 fully saturated rings. The van der Waals surface area contributed by atoms with E-state index in [1.807, 2.05) is 61.7 Å². The highest BCUT2D eigenvalue weighted by Gasteiger charge is 2.45. The van der Waals surface area contributed by atoms with Crippen LogP contribution >= 0.6 is 0 Å². The van der Waals surface area contributed by atoms with Gasteiger partial charge in [-0.25, -0.2) is 0 Å². The fourth-order valence-corrected chi connectivity index (χ4v) is 4.18. The lowest BCUT2D eigenvalue weighted by molar-refractivity contribution is -0.145. The normalized spacial score (nSPS) is 17.5. The molecule has 2 heterocycles. The van der Waals surface area contributed by atoms with Crippen molar-refractivity contribution >= 4 is 22.8 Å². The summed E-state index contributed by atoms with van der Waals surface area (Å²) in [5.74, 6) is -0.229. The summed E-state index contributed by atoms with van der Waals surface area (Å²) >= 11 is 0. The first-order valence-electron chi connectivity index (χ1n) is 10.7. The van der Waals surface area contributed by atoms with Crippen molar-refractivity contribution in [3.63, 3.8) is 0 Å². The monoisotopic (exact) mass is 420 g/mol. The summed E-state index contributed by atoms with van der Waals surface area (Å²) in [6.45, 7) is 7.12. The van der Waals surface area contributed by atoms with E-state index >= 15 is 0 Å². The fourth-order valence-electron chi connectivity index (χ4n) is 4.18. The van der Waals surface area contributed by atoms with Crippen LogP contribution in [0.2, 0.25) is 0 Å². The van der Waals surface area contributed by atoms with Crippen molar-refractivity contribution in [2.75, 3.05) is 13.2 Å². The number of carbonyl (C=O) groups excluding carboxylic acids is 2. The number of para-hydroxylation sites is 1. The zero-order valence-electron chi connectivity index (χ0n) is 18.5. The van der Waals surface area contributed by atoms with Gasteiger partial charge >= 0.3 is 5.97 Å². The minimum Gasteiger partial charge on any atom is -0.466 e. The Bertz CT molecular complexity index is 1130. The van der Waals surface area contributed by atoms with Crippen LogP contribution in [0.25, 0.3) is 10.9 Å². The quantitative estimate of drug-likeness (QED) is 0.547. The number of hydrogen-bond donors (Lipinski definition) is 0. The van der Waals surface area contributed by atoms with Crippen molar-refractivity contribution < 1.29 is 14.3 Å². The highest BCUT2D eigenvalue weighted by Crippen LogP contribution is 2.40. The molecule has 0 aliphatic heterocycles. The smallest absolute Gasteiger partial charge is 0.309 e. The lowest BCUT2D eigenvalue weighted by atomic mass is 10.1. The minimum absolute atomic E-state index is 0.0595. The molecule has 0 N–H and O–H groups in total. The molecular weight excluding hydrogens is 392 g/mol. The van der Waals surface area contributed by atoms with Crippen molar-refractivity contribution in [3.8, 4) is 0 Å². The molecule has 31 heavy (non-hydrogen) atoms. The molecule has 2 aromatic heterocycles. The Morgan fingerprint density at radius 2 is 2.00 bits per heavy atom. The number of aryl methyl sites for hydroxylation is 2. The maximum Gasteiger partial charge on any atom is 0.309 e. The number of hydrogen-bond acceptors (Lipinski definition) is 5. The Morgan fingerprint density at radius 3 is 2.71 bits per heavy atom. The van der Waals surface area contributed by atoms with E-state index < -0.39 is 0 Å². The predicted octanol–water partition coefficient (Wildman–Crippen LogP) is 3.43. The molecule has 1 aliphatic carbocycles. The minimum atomic E-state index is -0.164. The summed E-state index contributed by atoms with van der Waals surface area (Å²) in [5, 5.41) is 5.33. The molecular formula is C24H28N4O3. The molecule has 162 valence electrons. The van der Waals surface area contributed by atoms with Gasteiger partial charge in [0.1, 0.15) is 0 Å². The zero-order chi connectivity index (χ0) is 22.1. The molecule has 1 amide bonds. The van der Waals surface area contributed by atoms with Gasteiger partial charge in [0.15, 0.2) is 0 Å². The predicted molar refractivity (Wildman–Crippen MR) is 117 cm³/mol. The largest absolute Gasteiger partial charge is 0.466 e. The van der Waals surface area contributed by atoms with Gasteiger partial charge in [0.25, 0.3) is 5.91 Å². The fraction of sp³-hybridized carbons (Fsp3) is 0.417. The Hall–Kier alpha value is -3.22. The van der Waals surface area contributed by atoms with E-state index in [4.69, 9.17) is 4.74 Å². The number of aromatic nitrogens is 3. The molecule has 0 saturated heterocycles. The number of nitrogens with zero attached hydrogens (tertiary/aromatic N) is 4. The molecule has 0 bridgehead atoms. The first-order valence-corrected chi connectivity index (χ1v) is 10.7. The number of fused-ring (bicyclic) bond motifs is 1. The molecule has 1 saturated carbocycles. The van der Waals surface area contributed by atoms with Crippen LogP contribution in [0.15, 0.2) is 36.5 Å². The van der Waals surface area contributed by atoms with Crippen molar-refractivity contribution in [2.24, 2.45) is 18.9 Å². The number of esters is 1. The van der Waals surface area contributed by atoms with Crippen molar-refractivity contribution in [2.45, 2.75) is 33.7 Å². The Labute approximate surface area is 182 Å². The summed E-state index contributed by atoms with van der Waals surface area (Å²) < 4.78 is 7.02. The van der Waals surface area contributed by atoms with Gasteiger partial charge in [0.05, 0.1) is 29.3 Å². The van der Waals surface area contributed by atoms with E-state index in [0.717, 1.165) is 34.3 Å². The molecule has 0 spiro atoms. The zero-order valence-corrected chi connectivity index (χ0v) is 18.5. The maximum absolute atomic E-state index is 13.7. The molecule has 7 heteroatoms. The van der Waals surface area contributed by atoms with Gasteiger partial charge in [-0.1, -0.05) is 18.2 Å². The molecule has 2 atom stereocenters. The summed E-state index contributed by atoms with van der Waals surface area (Å²) in [6.07, 6.45) is 2.43. The van der Waals surface area contributed by atoms with Gasteiger partial charge < -0.3 is 9.64 Å². The van der Waals surface area contributed by atoms with E-state index in [2.05, 4.69) is 10.1 Å². The Kier molecular flexibility index (Phi) is 5.76. The maximum atomic E-state index is 13.7. The second-order valence-corrected chi connectivity index (χ2v) is 8.19. The number of rotatable bonds is 7. The second kappa shape index (κ2) is 8.49. The number of benzene rings is 1. The van der Waals surface area contributed by atoms with E-state index in [1.54, 1.807) is 12.3 Å². The average Bonchev–Trinajstić information content (AvgIpc) is 3.49. The van der Waals surface area contributed by atoms with E-state index in [9.17, 15) is 9.59 Å². The molecule has 7 nitrogen and oxygen atoms in total. The highest BCUT2D eigenvalue weighted by atomic mass is 16.5. The number of carbonyl (C=O) groups is 2. The highest BCUT2D eigenvalue weighted by molar-refractivity contribution is 6.06. The third-order valence-corrected chi connectivity index (χ3v) is 6.14. The van der Waals surface area contributed by atoms with Crippen LogP contribution in [0.3, 0.4) is 0 Å². The average molecular weight is 421 g/mol. The van der Waals surface area contributed by atoms with Crippen LogP contribution in [0, 0.1) is 25.7 Å². The first kappa shape index (κ1) is 21.0. The lowest BCUT2D eigenvalue weighted by Crippen LogP contribution is -2.33. The van der Waals surface area contributed by atoms with Crippen LogP contribution < -0.4 is 0 Å². The molecule has 3 aromatic rings. The van der Waals surface area contributed by atoms with Gasteiger partial charge in [0.2, 0.25) is 0 Å². The van der Waals surface area contributed by atoms with Gasteiger partial charge in [-0.05, 0) is 45.2 Å². The van der Waals surface area contributed by atoms with E-state index in [0.29, 0.717) is 25.3 Å². The molecule has 1 aromatic carbocycles. The summed E-state index contributed by atoms with van der Waals surface area (Å²) in [6, 6.07) is 9.43. The topological polar surface area (TPSA) is 77.3 Å². The summed E-state index contributed by atoms with van der Waals surface area (Å²) in [4.78, 5) is 32.1. The number of ether oxygens (including phenoxy) is 1. The molecule has 4 rings (SSSR count). The second-order valence-electron chi connectivity index (χ2n) is 8.19. The van der Waals surface area contributed by atoms with E-state index in [-0.39, 0.29) is 23.7 Å². The van der Waals surface area contributed by atoms with E-state index in [1.165, 1.54) is 0 Å². The summed E-state index contributed by atoms with van der Waals surface area (Å²) in [5.41, 5.74) is 4.40. The molecule has 1 aliphatic rings.